The summed E-state index contributed by atoms with van der Waals surface area (Å²) in [5.41, 5.74) is 0.784. The van der Waals surface area contributed by atoms with Gasteiger partial charge in [0.1, 0.15) is 6.10 Å². The van der Waals surface area contributed by atoms with E-state index >= 15 is 0 Å². The Labute approximate surface area is 124 Å². The van der Waals surface area contributed by atoms with Crippen LogP contribution in [0.4, 0.5) is 0 Å². The number of aliphatic hydroxyl groups is 1. The first-order valence-corrected chi connectivity index (χ1v) is 8.66. The summed E-state index contributed by atoms with van der Waals surface area (Å²) < 4.78 is 1.84. The molecular weight excluding hydrogens is 280 g/mol. The van der Waals surface area contributed by atoms with Crippen LogP contribution in [0.5, 0.6) is 0 Å². The summed E-state index contributed by atoms with van der Waals surface area (Å²) in [7, 11) is 0. The molecule has 1 aliphatic rings. The number of rotatable bonds is 6. The van der Waals surface area contributed by atoms with E-state index in [1.807, 2.05) is 16.4 Å². The second kappa shape index (κ2) is 7.55. The van der Waals surface area contributed by atoms with E-state index in [0.717, 1.165) is 24.4 Å². The molecule has 1 N–H and O–H groups in total. The van der Waals surface area contributed by atoms with Gasteiger partial charge in [-0.3, -0.25) is 4.68 Å². The first-order chi connectivity index (χ1) is 9.22. The van der Waals surface area contributed by atoms with E-state index in [9.17, 15) is 5.11 Å². The number of nitrogens with zero attached hydrogens (tertiary/aromatic N) is 2. The van der Waals surface area contributed by atoms with Crippen LogP contribution in [0, 0.1) is 0 Å². The van der Waals surface area contributed by atoms with Gasteiger partial charge in [0, 0.05) is 17.5 Å². The third-order valence-corrected chi connectivity index (χ3v) is 5.37. The van der Waals surface area contributed by atoms with Crippen molar-refractivity contribution in [2.75, 3.05) is 5.75 Å². The van der Waals surface area contributed by atoms with Crippen LogP contribution in [0.2, 0.25) is 5.02 Å². The highest BCUT2D eigenvalue weighted by Crippen LogP contribution is 2.32. The first kappa shape index (κ1) is 15.2. The van der Waals surface area contributed by atoms with Crippen LogP contribution in [-0.2, 0) is 6.54 Å². The second-order valence-corrected chi connectivity index (χ2v) is 6.95. The lowest BCUT2D eigenvalue weighted by molar-refractivity contribution is 0.191. The molecule has 1 fully saturated rings. The molecule has 5 heteroatoms. The van der Waals surface area contributed by atoms with Gasteiger partial charge in [0.15, 0.2) is 0 Å². The van der Waals surface area contributed by atoms with Gasteiger partial charge in [0.05, 0.1) is 16.9 Å². The maximum atomic E-state index is 10.4. The molecule has 1 aromatic heterocycles. The van der Waals surface area contributed by atoms with Gasteiger partial charge in [-0.25, -0.2) is 0 Å². The molecule has 1 atom stereocenters. The quantitative estimate of drug-likeness (QED) is 0.861. The summed E-state index contributed by atoms with van der Waals surface area (Å²) in [5, 5.41) is 15.9. The van der Waals surface area contributed by atoms with E-state index < -0.39 is 6.10 Å². The normalized spacial score (nSPS) is 18.7. The maximum absolute atomic E-state index is 10.4. The molecule has 1 aromatic rings. The molecule has 1 saturated carbocycles. The van der Waals surface area contributed by atoms with Crippen molar-refractivity contribution in [1.82, 2.24) is 9.78 Å². The van der Waals surface area contributed by atoms with Gasteiger partial charge < -0.3 is 5.11 Å². The number of halogens is 1. The predicted octanol–water partition coefficient (Wildman–Crippen LogP) is 4.05. The van der Waals surface area contributed by atoms with E-state index in [2.05, 4.69) is 12.0 Å². The summed E-state index contributed by atoms with van der Waals surface area (Å²) in [4.78, 5) is 0. The van der Waals surface area contributed by atoms with Crippen LogP contribution in [0.1, 0.15) is 57.2 Å². The molecule has 2 rings (SSSR count). The highest BCUT2D eigenvalue weighted by molar-refractivity contribution is 7.99. The number of hydrogen-bond donors (Lipinski definition) is 1. The Morgan fingerprint density at radius 2 is 2.21 bits per heavy atom. The minimum Gasteiger partial charge on any atom is -0.386 e. The Balaban J connectivity index is 1.91. The van der Waals surface area contributed by atoms with E-state index in [0.29, 0.717) is 10.3 Å². The topological polar surface area (TPSA) is 38.0 Å². The van der Waals surface area contributed by atoms with Gasteiger partial charge in [-0.15, -0.1) is 0 Å². The van der Waals surface area contributed by atoms with Gasteiger partial charge in [-0.2, -0.15) is 16.9 Å². The molecule has 0 radical (unpaired) electrons. The fourth-order valence-electron chi connectivity index (χ4n) is 2.63. The van der Waals surface area contributed by atoms with Crippen molar-refractivity contribution in [3.63, 3.8) is 0 Å². The first-order valence-electron chi connectivity index (χ1n) is 7.23. The number of thioether (sulfide) groups is 1. The van der Waals surface area contributed by atoms with Crippen molar-refractivity contribution in [2.45, 2.75) is 63.3 Å². The standard InChI is InChI=1S/C14H23ClN2OS/c1-2-8-17-14(12(15)9-16-17)13(18)10-19-11-6-4-3-5-7-11/h9,11,13,18H,2-8,10H2,1H3. The van der Waals surface area contributed by atoms with Crippen LogP contribution in [0.3, 0.4) is 0 Å². The van der Waals surface area contributed by atoms with Crippen LogP contribution in [0.15, 0.2) is 6.20 Å². The van der Waals surface area contributed by atoms with Crippen LogP contribution >= 0.6 is 23.4 Å². The molecular formula is C14H23ClN2OS. The van der Waals surface area contributed by atoms with Crippen molar-refractivity contribution < 1.29 is 5.11 Å². The van der Waals surface area contributed by atoms with E-state index in [-0.39, 0.29) is 0 Å². The maximum Gasteiger partial charge on any atom is 0.106 e. The summed E-state index contributed by atoms with van der Waals surface area (Å²) >= 11 is 8.03. The number of aryl methyl sites for hydroxylation is 1. The average Bonchev–Trinajstić information content (AvgIpc) is 2.79. The molecule has 0 aromatic carbocycles. The zero-order valence-corrected chi connectivity index (χ0v) is 13.1. The molecule has 1 unspecified atom stereocenters. The molecule has 0 bridgehead atoms. The number of hydrogen-bond acceptors (Lipinski definition) is 3. The Hall–Kier alpha value is -0.190. The molecule has 0 aliphatic heterocycles. The predicted molar refractivity (Wildman–Crippen MR) is 81.8 cm³/mol. The fraction of sp³-hybridized carbons (Fsp3) is 0.786. The summed E-state index contributed by atoms with van der Waals surface area (Å²) in [6.07, 6.45) is 8.75. The summed E-state index contributed by atoms with van der Waals surface area (Å²) in [6.45, 7) is 2.91. The van der Waals surface area contributed by atoms with Crippen LogP contribution in [-0.4, -0.2) is 25.9 Å². The van der Waals surface area contributed by atoms with Crippen LogP contribution in [0.25, 0.3) is 0 Å². The lowest BCUT2D eigenvalue weighted by atomic mass is 10.0. The van der Waals surface area contributed by atoms with Gasteiger partial charge in [-0.1, -0.05) is 37.8 Å². The Morgan fingerprint density at radius 1 is 1.47 bits per heavy atom. The highest BCUT2D eigenvalue weighted by Gasteiger charge is 2.21. The minimum atomic E-state index is -0.506. The second-order valence-electron chi connectivity index (χ2n) is 5.21. The Morgan fingerprint density at radius 3 is 2.89 bits per heavy atom. The van der Waals surface area contributed by atoms with E-state index in [4.69, 9.17) is 11.6 Å². The summed E-state index contributed by atoms with van der Waals surface area (Å²) in [5.74, 6) is 0.722. The SMILES string of the molecule is CCCn1ncc(Cl)c1C(O)CSC1CCCCC1. The zero-order chi connectivity index (χ0) is 13.7. The third-order valence-electron chi connectivity index (χ3n) is 3.63. The van der Waals surface area contributed by atoms with E-state index in [1.54, 1.807) is 6.20 Å². The van der Waals surface area contributed by atoms with Crippen LogP contribution < -0.4 is 0 Å². The molecule has 3 nitrogen and oxygen atoms in total. The Kier molecular flexibility index (Phi) is 6.05. The van der Waals surface area contributed by atoms with Crippen molar-refractivity contribution in [3.8, 4) is 0 Å². The molecule has 0 amide bonds. The third kappa shape index (κ3) is 4.14. The van der Waals surface area contributed by atoms with Gasteiger partial charge in [0.25, 0.3) is 0 Å². The molecule has 1 aliphatic carbocycles. The zero-order valence-electron chi connectivity index (χ0n) is 11.5. The van der Waals surface area contributed by atoms with Gasteiger partial charge in [0.2, 0.25) is 0 Å². The molecule has 0 saturated heterocycles. The van der Waals surface area contributed by atoms with Gasteiger partial charge in [-0.05, 0) is 19.3 Å². The average molecular weight is 303 g/mol. The van der Waals surface area contributed by atoms with Crippen molar-refractivity contribution in [1.29, 1.82) is 0 Å². The van der Waals surface area contributed by atoms with Crippen molar-refractivity contribution >= 4 is 23.4 Å². The molecule has 0 spiro atoms. The highest BCUT2D eigenvalue weighted by atomic mass is 35.5. The van der Waals surface area contributed by atoms with Gasteiger partial charge >= 0.3 is 0 Å². The lowest BCUT2D eigenvalue weighted by Crippen LogP contribution is -2.14. The minimum absolute atomic E-state index is 0.506. The Bertz CT molecular complexity index is 391. The molecule has 108 valence electrons. The van der Waals surface area contributed by atoms with Crippen molar-refractivity contribution in [2.24, 2.45) is 0 Å². The fourth-order valence-corrected chi connectivity index (χ4v) is 4.18. The molecule has 19 heavy (non-hydrogen) atoms. The summed E-state index contributed by atoms with van der Waals surface area (Å²) in [6, 6.07) is 0. The lowest BCUT2D eigenvalue weighted by Gasteiger charge is -2.22. The smallest absolute Gasteiger partial charge is 0.106 e. The molecule has 1 heterocycles. The van der Waals surface area contributed by atoms with E-state index in [1.165, 1.54) is 32.1 Å². The van der Waals surface area contributed by atoms with Crippen molar-refractivity contribution in [3.05, 3.63) is 16.9 Å². The number of aliphatic hydroxyl groups excluding tert-OH is 1. The number of aromatic nitrogens is 2. The monoisotopic (exact) mass is 302 g/mol. The largest absolute Gasteiger partial charge is 0.386 e.